The topological polar surface area (TPSA) is 47.7 Å². The summed E-state index contributed by atoms with van der Waals surface area (Å²) in [5.41, 5.74) is -1.65. The number of rotatable bonds is 0. The SMILES string of the molecule is N=C1C(F)=C(Cl)C(=N)C(F)=C1Cl. The molecule has 0 atom stereocenters. The van der Waals surface area contributed by atoms with Crippen molar-refractivity contribution < 1.29 is 8.78 Å². The molecule has 1 aliphatic carbocycles. The first-order valence-electron chi connectivity index (χ1n) is 2.76. The van der Waals surface area contributed by atoms with Gasteiger partial charge >= 0.3 is 0 Å². The average Bonchev–Trinajstić information content (AvgIpc) is 2.08. The molecule has 0 aliphatic heterocycles. The molecule has 1 aliphatic rings. The van der Waals surface area contributed by atoms with Crippen LogP contribution in [0.25, 0.3) is 0 Å². The van der Waals surface area contributed by atoms with Crippen LogP contribution in [0.3, 0.4) is 0 Å². The summed E-state index contributed by atoms with van der Waals surface area (Å²) in [5, 5.41) is 12.4. The van der Waals surface area contributed by atoms with E-state index >= 15 is 0 Å². The van der Waals surface area contributed by atoms with E-state index in [1.807, 2.05) is 0 Å². The maximum absolute atomic E-state index is 12.7. The van der Waals surface area contributed by atoms with Crippen LogP contribution >= 0.6 is 23.2 Å². The Kier molecular flexibility index (Phi) is 2.30. The van der Waals surface area contributed by atoms with Crippen LogP contribution < -0.4 is 0 Å². The first-order chi connectivity index (χ1) is 5.46. The minimum atomic E-state index is -1.17. The van der Waals surface area contributed by atoms with Gasteiger partial charge in [-0.15, -0.1) is 0 Å². The lowest BCUT2D eigenvalue weighted by atomic mass is 10.1. The van der Waals surface area contributed by atoms with Gasteiger partial charge in [0.15, 0.2) is 11.7 Å². The fourth-order valence-corrected chi connectivity index (χ4v) is 0.987. The summed E-state index contributed by atoms with van der Waals surface area (Å²) in [7, 11) is 0. The maximum atomic E-state index is 12.7. The third-order valence-electron chi connectivity index (χ3n) is 1.26. The fourth-order valence-electron chi connectivity index (χ4n) is 0.632. The van der Waals surface area contributed by atoms with Gasteiger partial charge in [0.25, 0.3) is 0 Å². The molecule has 0 radical (unpaired) electrons. The Bertz CT molecular complexity index is 281. The van der Waals surface area contributed by atoms with E-state index in [0.717, 1.165) is 0 Å². The summed E-state index contributed by atoms with van der Waals surface area (Å²) in [6.45, 7) is 0. The molecule has 0 fully saturated rings. The number of hydrogen-bond donors (Lipinski definition) is 2. The van der Waals surface area contributed by atoms with E-state index in [9.17, 15) is 8.78 Å². The number of halogens is 4. The highest BCUT2D eigenvalue weighted by atomic mass is 35.5. The molecule has 2 N–H and O–H groups in total. The van der Waals surface area contributed by atoms with Crippen molar-refractivity contribution in [1.82, 2.24) is 0 Å². The van der Waals surface area contributed by atoms with Gasteiger partial charge in [-0.1, -0.05) is 23.2 Å². The van der Waals surface area contributed by atoms with Crippen LogP contribution in [0.4, 0.5) is 8.78 Å². The molecule has 12 heavy (non-hydrogen) atoms. The second kappa shape index (κ2) is 2.95. The van der Waals surface area contributed by atoms with Crippen LogP contribution in [0.5, 0.6) is 0 Å². The van der Waals surface area contributed by atoms with E-state index in [-0.39, 0.29) is 0 Å². The minimum Gasteiger partial charge on any atom is -0.296 e. The third kappa shape index (κ3) is 1.17. The van der Waals surface area contributed by atoms with Gasteiger partial charge in [-0.3, -0.25) is 10.8 Å². The molecule has 0 saturated carbocycles. The molecule has 0 unspecified atom stereocenters. The van der Waals surface area contributed by atoms with Crippen molar-refractivity contribution in [2.24, 2.45) is 0 Å². The molecular formula is C6H2Cl2F2N2. The van der Waals surface area contributed by atoms with E-state index in [4.69, 9.17) is 34.0 Å². The lowest BCUT2D eigenvalue weighted by molar-refractivity contribution is 0.656. The predicted molar refractivity (Wildman–Crippen MR) is 43.4 cm³/mol. The van der Waals surface area contributed by atoms with E-state index in [1.54, 1.807) is 0 Å². The summed E-state index contributed by atoms with van der Waals surface area (Å²) in [4.78, 5) is 0. The monoisotopic (exact) mass is 210 g/mol. The Morgan fingerprint density at radius 2 is 1.08 bits per heavy atom. The molecule has 0 spiro atoms. The summed E-state index contributed by atoms with van der Waals surface area (Å²) in [6, 6.07) is 0. The average molecular weight is 211 g/mol. The quantitative estimate of drug-likeness (QED) is 0.578. The van der Waals surface area contributed by atoms with Gasteiger partial charge in [0.2, 0.25) is 0 Å². The molecular weight excluding hydrogens is 209 g/mol. The Balaban J connectivity index is 3.32. The van der Waals surface area contributed by atoms with Crippen molar-refractivity contribution in [3.05, 3.63) is 21.7 Å². The summed E-state index contributed by atoms with van der Waals surface area (Å²) in [5.74, 6) is -2.35. The normalized spacial score (nSPS) is 19.3. The molecule has 0 saturated heterocycles. The van der Waals surface area contributed by atoms with E-state index in [1.165, 1.54) is 0 Å². The van der Waals surface area contributed by atoms with Gasteiger partial charge in [-0.05, 0) is 0 Å². The van der Waals surface area contributed by atoms with Crippen LogP contribution in [0.2, 0.25) is 0 Å². The Labute approximate surface area is 76.5 Å². The summed E-state index contributed by atoms with van der Waals surface area (Å²) in [6.07, 6.45) is 0. The van der Waals surface area contributed by atoms with Crippen LogP contribution in [-0.4, -0.2) is 11.4 Å². The first kappa shape index (κ1) is 9.35. The Hall–Kier alpha value is -0.740. The van der Waals surface area contributed by atoms with Crippen LogP contribution in [0, 0.1) is 10.8 Å². The highest BCUT2D eigenvalue weighted by molar-refractivity contribution is 6.56. The second-order valence-electron chi connectivity index (χ2n) is 2.01. The standard InChI is InChI=1S/C6H2Cl2F2N2/c7-1-3(9)6(12)2(8)4(10)5(1)11/h11-12H. The van der Waals surface area contributed by atoms with E-state index in [2.05, 4.69) is 0 Å². The molecule has 0 aromatic rings. The Morgan fingerprint density at radius 1 is 0.833 bits per heavy atom. The predicted octanol–water partition coefficient (Wildman–Crippen LogP) is 2.88. The molecule has 0 aromatic carbocycles. The minimum absolute atomic E-state index is 0.720. The van der Waals surface area contributed by atoms with Crippen molar-refractivity contribution in [1.29, 1.82) is 10.8 Å². The molecule has 2 nitrogen and oxygen atoms in total. The zero-order chi connectivity index (χ0) is 9.46. The summed E-state index contributed by atoms with van der Waals surface area (Å²) < 4.78 is 25.5. The van der Waals surface area contributed by atoms with Crippen LogP contribution in [0.15, 0.2) is 21.7 Å². The van der Waals surface area contributed by atoms with E-state index in [0.29, 0.717) is 0 Å². The molecule has 0 aromatic heterocycles. The lowest BCUT2D eigenvalue weighted by Crippen LogP contribution is -2.14. The van der Waals surface area contributed by atoms with Crippen molar-refractivity contribution in [2.45, 2.75) is 0 Å². The van der Waals surface area contributed by atoms with Crippen molar-refractivity contribution >= 4 is 34.6 Å². The van der Waals surface area contributed by atoms with Gasteiger partial charge in [0.05, 0.1) is 0 Å². The second-order valence-corrected chi connectivity index (χ2v) is 2.76. The van der Waals surface area contributed by atoms with Gasteiger partial charge in [0.1, 0.15) is 21.5 Å². The Morgan fingerprint density at radius 3 is 1.33 bits per heavy atom. The molecule has 0 bridgehead atoms. The number of nitrogens with one attached hydrogen (secondary N) is 2. The zero-order valence-electron chi connectivity index (χ0n) is 5.51. The van der Waals surface area contributed by atoms with Gasteiger partial charge in [-0.2, -0.15) is 0 Å². The van der Waals surface area contributed by atoms with Gasteiger partial charge in [-0.25, -0.2) is 8.78 Å². The lowest BCUT2D eigenvalue weighted by Gasteiger charge is -2.11. The molecule has 6 heteroatoms. The van der Waals surface area contributed by atoms with Crippen molar-refractivity contribution in [3.63, 3.8) is 0 Å². The third-order valence-corrected chi connectivity index (χ3v) is 1.97. The van der Waals surface area contributed by atoms with Gasteiger partial charge < -0.3 is 0 Å². The van der Waals surface area contributed by atoms with Crippen molar-refractivity contribution in [2.75, 3.05) is 0 Å². The van der Waals surface area contributed by atoms with Crippen molar-refractivity contribution in [3.8, 4) is 0 Å². The fraction of sp³-hybridized carbons (Fsp3) is 0. The van der Waals surface area contributed by atoms with E-state index < -0.39 is 33.1 Å². The largest absolute Gasteiger partial charge is 0.296 e. The molecule has 0 heterocycles. The number of allylic oxidation sites excluding steroid dienone is 4. The van der Waals surface area contributed by atoms with Gasteiger partial charge in [0, 0.05) is 0 Å². The molecule has 0 amide bonds. The summed E-state index contributed by atoms with van der Waals surface area (Å²) >= 11 is 10.4. The molecule has 1 rings (SSSR count). The first-order valence-corrected chi connectivity index (χ1v) is 3.51. The van der Waals surface area contributed by atoms with Crippen LogP contribution in [-0.2, 0) is 0 Å². The van der Waals surface area contributed by atoms with Crippen LogP contribution in [0.1, 0.15) is 0 Å². The number of hydrogen-bond acceptors (Lipinski definition) is 2. The zero-order valence-corrected chi connectivity index (χ0v) is 7.02. The highest BCUT2D eigenvalue weighted by Gasteiger charge is 2.28. The smallest absolute Gasteiger partial charge is 0.170 e. The highest BCUT2D eigenvalue weighted by Crippen LogP contribution is 2.30. The maximum Gasteiger partial charge on any atom is 0.170 e. The molecule has 64 valence electrons.